The van der Waals surface area contributed by atoms with Gasteiger partial charge in [-0.15, -0.1) is 0 Å². The summed E-state index contributed by atoms with van der Waals surface area (Å²) >= 11 is 2.01. The van der Waals surface area contributed by atoms with Crippen LogP contribution in [0.25, 0.3) is 0 Å². The highest BCUT2D eigenvalue weighted by atomic mass is 32.2. The number of hydrogen-bond acceptors (Lipinski definition) is 4. The van der Waals surface area contributed by atoms with Crippen molar-refractivity contribution in [2.75, 3.05) is 26.0 Å². The van der Waals surface area contributed by atoms with Gasteiger partial charge < -0.3 is 14.8 Å². The van der Waals surface area contributed by atoms with Crippen LogP contribution < -0.4 is 10.1 Å². The van der Waals surface area contributed by atoms with Gasteiger partial charge in [-0.1, -0.05) is 26.0 Å². The summed E-state index contributed by atoms with van der Waals surface area (Å²) in [5, 5.41) is 4.13. The molecule has 0 aromatic heterocycles. The standard InChI is InChI=1S/C17H27NO2S/c1-4-18-17(14-7-9-15(19-3)10-8-14)13(2)21-12-16-6-5-11-20-16/h7-10,13,16-18H,4-6,11-12H2,1-3H3. The summed E-state index contributed by atoms with van der Waals surface area (Å²) in [6, 6.07) is 8.77. The number of nitrogens with one attached hydrogen (secondary N) is 1. The third kappa shape index (κ3) is 4.90. The maximum atomic E-state index is 5.72. The molecule has 0 radical (unpaired) electrons. The van der Waals surface area contributed by atoms with E-state index in [0.717, 1.165) is 24.7 Å². The molecule has 2 rings (SSSR count). The smallest absolute Gasteiger partial charge is 0.118 e. The van der Waals surface area contributed by atoms with E-state index in [2.05, 4.69) is 31.3 Å². The minimum absolute atomic E-state index is 0.368. The summed E-state index contributed by atoms with van der Waals surface area (Å²) in [6.45, 7) is 6.38. The largest absolute Gasteiger partial charge is 0.497 e. The number of hydrogen-bond donors (Lipinski definition) is 1. The summed E-state index contributed by atoms with van der Waals surface area (Å²) < 4.78 is 11.0. The fourth-order valence-electron chi connectivity index (χ4n) is 2.72. The van der Waals surface area contributed by atoms with E-state index >= 15 is 0 Å². The van der Waals surface area contributed by atoms with Crippen molar-refractivity contribution in [1.82, 2.24) is 5.32 Å². The van der Waals surface area contributed by atoms with Gasteiger partial charge in [0.25, 0.3) is 0 Å². The first kappa shape index (κ1) is 16.7. The van der Waals surface area contributed by atoms with Crippen molar-refractivity contribution in [3.05, 3.63) is 29.8 Å². The molecule has 0 amide bonds. The normalized spacial score (nSPS) is 21.2. The van der Waals surface area contributed by atoms with Crippen molar-refractivity contribution < 1.29 is 9.47 Å². The van der Waals surface area contributed by atoms with E-state index in [4.69, 9.17) is 9.47 Å². The topological polar surface area (TPSA) is 30.5 Å². The second-order valence-corrected chi connectivity index (χ2v) is 6.89. The lowest BCUT2D eigenvalue weighted by atomic mass is 10.0. The zero-order valence-electron chi connectivity index (χ0n) is 13.3. The molecule has 21 heavy (non-hydrogen) atoms. The van der Waals surface area contributed by atoms with E-state index in [1.54, 1.807) is 7.11 Å². The lowest BCUT2D eigenvalue weighted by Gasteiger charge is -2.26. The van der Waals surface area contributed by atoms with Crippen LogP contribution in [0.1, 0.15) is 38.3 Å². The first-order valence-corrected chi connectivity index (χ1v) is 8.90. The predicted octanol–water partition coefficient (Wildman–Crippen LogP) is 3.65. The third-order valence-corrected chi connectivity index (χ3v) is 5.30. The van der Waals surface area contributed by atoms with Crippen molar-refractivity contribution in [2.45, 2.75) is 44.1 Å². The zero-order valence-corrected chi connectivity index (χ0v) is 14.1. The van der Waals surface area contributed by atoms with Crippen LogP contribution >= 0.6 is 11.8 Å². The van der Waals surface area contributed by atoms with Crippen molar-refractivity contribution in [2.24, 2.45) is 0 Å². The maximum absolute atomic E-state index is 5.72. The van der Waals surface area contributed by atoms with Crippen molar-refractivity contribution in [3.63, 3.8) is 0 Å². The number of rotatable bonds is 8. The molecule has 1 fully saturated rings. The van der Waals surface area contributed by atoms with Crippen LogP contribution in [0.3, 0.4) is 0 Å². The Hall–Kier alpha value is -0.710. The fourth-order valence-corrected chi connectivity index (χ4v) is 3.94. The molecule has 1 saturated heterocycles. The number of benzene rings is 1. The van der Waals surface area contributed by atoms with Gasteiger partial charge in [-0.3, -0.25) is 0 Å². The Balaban J connectivity index is 1.94. The van der Waals surface area contributed by atoms with Gasteiger partial charge >= 0.3 is 0 Å². The molecule has 0 bridgehead atoms. The monoisotopic (exact) mass is 309 g/mol. The van der Waals surface area contributed by atoms with Gasteiger partial charge in [0.1, 0.15) is 5.75 Å². The molecule has 0 aliphatic carbocycles. The van der Waals surface area contributed by atoms with E-state index in [1.807, 2.05) is 23.9 Å². The molecular weight excluding hydrogens is 282 g/mol. The van der Waals surface area contributed by atoms with Crippen molar-refractivity contribution >= 4 is 11.8 Å². The van der Waals surface area contributed by atoms with Crippen LogP contribution in [0.2, 0.25) is 0 Å². The van der Waals surface area contributed by atoms with Crippen LogP contribution in [0.4, 0.5) is 0 Å². The molecule has 1 aromatic carbocycles. The zero-order chi connectivity index (χ0) is 15.1. The Bertz CT molecular complexity index is 404. The molecule has 1 aromatic rings. The Labute approximate surface area is 132 Å². The summed E-state index contributed by atoms with van der Waals surface area (Å²) in [6.07, 6.45) is 2.89. The molecule has 1 heterocycles. The van der Waals surface area contributed by atoms with Crippen LogP contribution in [-0.2, 0) is 4.74 Å². The molecule has 3 unspecified atom stereocenters. The minimum Gasteiger partial charge on any atom is -0.497 e. The third-order valence-electron chi connectivity index (χ3n) is 3.94. The highest BCUT2D eigenvalue weighted by molar-refractivity contribution is 7.99. The molecule has 1 aliphatic heterocycles. The lowest BCUT2D eigenvalue weighted by Crippen LogP contribution is -2.29. The van der Waals surface area contributed by atoms with E-state index < -0.39 is 0 Å². The fraction of sp³-hybridized carbons (Fsp3) is 0.647. The summed E-state index contributed by atoms with van der Waals surface area (Å²) in [7, 11) is 1.71. The molecule has 3 atom stereocenters. The van der Waals surface area contributed by atoms with Crippen LogP contribution in [-0.4, -0.2) is 37.4 Å². The molecule has 4 heteroatoms. The highest BCUT2D eigenvalue weighted by Gasteiger charge is 2.22. The Morgan fingerprint density at radius 1 is 1.38 bits per heavy atom. The van der Waals surface area contributed by atoms with Gasteiger partial charge in [-0.05, 0) is 37.1 Å². The van der Waals surface area contributed by atoms with Gasteiger partial charge in [-0.2, -0.15) is 11.8 Å². The number of thioether (sulfide) groups is 1. The van der Waals surface area contributed by atoms with Crippen molar-refractivity contribution in [1.29, 1.82) is 0 Å². The highest BCUT2D eigenvalue weighted by Crippen LogP contribution is 2.29. The van der Waals surface area contributed by atoms with Crippen molar-refractivity contribution in [3.8, 4) is 5.75 Å². The molecule has 0 saturated carbocycles. The molecule has 118 valence electrons. The molecule has 1 aliphatic rings. The Kier molecular flexibility index (Phi) is 6.87. The number of methoxy groups -OCH3 is 1. The minimum atomic E-state index is 0.368. The molecule has 1 N–H and O–H groups in total. The van der Waals surface area contributed by atoms with Crippen LogP contribution in [0.15, 0.2) is 24.3 Å². The SMILES string of the molecule is CCNC(c1ccc(OC)cc1)C(C)SCC1CCCO1. The average Bonchev–Trinajstić information content (AvgIpc) is 3.04. The first-order chi connectivity index (χ1) is 10.2. The Morgan fingerprint density at radius 2 is 2.14 bits per heavy atom. The van der Waals surface area contributed by atoms with E-state index in [9.17, 15) is 0 Å². The second kappa shape index (κ2) is 8.66. The quantitative estimate of drug-likeness (QED) is 0.794. The molecule has 3 nitrogen and oxygen atoms in total. The molecule has 0 spiro atoms. The van der Waals surface area contributed by atoms with E-state index in [1.165, 1.54) is 18.4 Å². The van der Waals surface area contributed by atoms with Crippen LogP contribution in [0, 0.1) is 0 Å². The van der Waals surface area contributed by atoms with Gasteiger partial charge in [0.15, 0.2) is 0 Å². The first-order valence-electron chi connectivity index (χ1n) is 7.85. The summed E-state index contributed by atoms with van der Waals surface area (Å²) in [5.41, 5.74) is 1.32. The van der Waals surface area contributed by atoms with E-state index in [-0.39, 0.29) is 0 Å². The predicted molar refractivity (Wildman–Crippen MR) is 90.3 cm³/mol. The number of ether oxygens (including phenoxy) is 2. The second-order valence-electron chi connectivity index (χ2n) is 5.48. The summed E-state index contributed by atoms with van der Waals surface area (Å²) in [4.78, 5) is 0. The maximum Gasteiger partial charge on any atom is 0.118 e. The van der Waals surface area contributed by atoms with Gasteiger partial charge in [-0.25, -0.2) is 0 Å². The van der Waals surface area contributed by atoms with Crippen LogP contribution in [0.5, 0.6) is 5.75 Å². The van der Waals surface area contributed by atoms with E-state index in [0.29, 0.717) is 17.4 Å². The van der Waals surface area contributed by atoms with Gasteiger partial charge in [0, 0.05) is 23.7 Å². The summed E-state index contributed by atoms with van der Waals surface area (Å²) in [5.74, 6) is 2.01. The van der Waals surface area contributed by atoms with Gasteiger partial charge in [0.05, 0.1) is 13.2 Å². The average molecular weight is 309 g/mol. The lowest BCUT2D eigenvalue weighted by molar-refractivity contribution is 0.128. The Morgan fingerprint density at radius 3 is 2.71 bits per heavy atom. The molecular formula is C17H27NO2S. The van der Waals surface area contributed by atoms with Gasteiger partial charge in [0.2, 0.25) is 0 Å².